The molecule has 0 spiro atoms. The Hall–Kier alpha value is -2.15. The lowest BCUT2D eigenvalue weighted by Gasteiger charge is -2.31. The van der Waals surface area contributed by atoms with Gasteiger partial charge in [0.2, 0.25) is 5.95 Å². The first-order chi connectivity index (χ1) is 10.2. The third kappa shape index (κ3) is 2.82. The highest BCUT2D eigenvalue weighted by Crippen LogP contribution is 2.21. The molecule has 3 heterocycles. The van der Waals surface area contributed by atoms with Crippen molar-refractivity contribution >= 4 is 5.95 Å². The van der Waals surface area contributed by atoms with Crippen LogP contribution in [0.2, 0.25) is 0 Å². The molecule has 3 rings (SSSR count). The molecule has 112 valence electrons. The van der Waals surface area contributed by atoms with Crippen molar-refractivity contribution in [3.05, 3.63) is 28.2 Å². The lowest BCUT2D eigenvalue weighted by molar-refractivity contribution is 0.420. The van der Waals surface area contributed by atoms with Gasteiger partial charge in [-0.2, -0.15) is 4.98 Å². The van der Waals surface area contributed by atoms with Gasteiger partial charge in [0.05, 0.1) is 5.56 Å². The Balaban J connectivity index is 1.84. The lowest BCUT2D eigenvalue weighted by Crippen LogP contribution is -2.38. The number of nitrogens with two attached hydrogens (primary N) is 1. The monoisotopic (exact) mass is 288 g/mol. The zero-order valence-corrected chi connectivity index (χ0v) is 12.1. The minimum atomic E-state index is -0.0626. The normalized spacial score (nSPS) is 19.0. The van der Waals surface area contributed by atoms with Gasteiger partial charge in [-0.3, -0.25) is 9.89 Å². The largest absolute Gasteiger partial charge is 0.364 e. The molecule has 0 saturated carbocycles. The average molecular weight is 288 g/mol. The van der Waals surface area contributed by atoms with Crippen molar-refractivity contribution in [3.8, 4) is 11.4 Å². The van der Waals surface area contributed by atoms with E-state index in [0.717, 1.165) is 31.6 Å². The molecule has 7 heteroatoms. The predicted octanol–water partition coefficient (Wildman–Crippen LogP) is 0.644. The molecule has 21 heavy (non-hydrogen) atoms. The zero-order valence-electron chi connectivity index (χ0n) is 12.1. The van der Waals surface area contributed by atoms with Gasteiger partial charge < -0.3 is 15.6 Å². The number of aromatic amines is 2. The maximum atomic E-state index is 12.0. The number of H-pyrrole nitrogens is 2. The molecule has 7 nitrogen and oxygen atoms in total. The molecule has 1 aliphatic rings. The van der Waals surface area contributed by atoms with E-state index >= 15 is 0 Å². The van der Waals surface area contributed by atoms with Crippen LogP contribution >= 0.6 is 0 Å². The van der Waals surface area contributed by atoms with Crippen LogP contribution in [0.3, 0.4) is 0 Å². The summed E-state index contributed by atoms with van der Waals surface area (Å²) >= 11 is 0. The molecule has 0 aromatic carbocycles. The fourth-order valence-electron chi connectivity index (χ4n) is 2.71. The maximum absolute atomic E-state index is 12.0. The number of piperidine rings is 1. The van der Waals surface area contributed by atoms with Crippen LogP contribution in [0.15, 0.2) is 17.1 Å². The third-order valence-corrected chi connectivity index (χ3v) is 3.92. The second-order valence-corrected chi connectivity index (χ2v) is 5.57. The molecule has 1 atom stereocenters. The number of hydrogen-bond donors (Lipinski definition) is 3. The fraction of sp³-hybridized carbons (Fsp3) is 0.500. The lowest BCUT2D eigenvalue weighted by atomic mass is 9.99. The quantitative estimate of drug-likeness (QED) is 0.769. The number of pyridine rings is 1. The predicted molar refractivity (Wildman–Crippen MR) is 81.2 cm³/mol. The first kappa shape index (κ1) is 13.8. The second-order valence-electron chi connectivity index (χ2n) is 5.57. The van der Waals surface area contributed by atoms with Crippen molar-refractivity contribution in [1.29, 1.82) is 0 Å². The molecule has 4 N–H and O–H groups in total. The number of hydrogen-bond acceptors (Lipinski definition) is 5. The van der Waals surface area contributed by atoms with Crippen LogP contribution in [-0.4, -0.2) is 39.8 Å². The summed E-state index contributed by atoms with van der Waals surface area (Å²) in [7, 11) is 0. The molecule has 2 aromatic rings. The average Bonchev–Trinajstić information content (AvgIpc) is 2.97. The van der Waals surface area contributed by atoms with Gasteiger partial charge in [-0.15, -0.1) is 5.10 Å². The number of nitrogens with one attached hydrogen (secondary N) is 2. The second kappa shape index (κ2) is 5.69. The van der Waals surface area contributed by atoms with E-state index < -0.39 is 0 Å². The summed E-state index contributed by atoms with van der Waals surface area (Å²) in [4.78, 5) is 21.6. The standard InChI is InChI=1S/C14H20N6O/c1-9-5-12(21)11(7-16-9)13-17-14(19-18-13)20-4-2-3-10(6-15)8-20/h5,7,10H,2-4,6,8,15H2,1H3,(H,16,21)(H,17,18,19). The summed E-state index contributed by atoms with van der Waals surface area (Å²) in [6.07, 6.45) is 3.92. The molecular formula is C14H20N6O. The highest BCUT2D eigenvalue weighted by atomic mass is 16.1. The van der Waals surface area contributed by atoms with E-state index in [9.17, 15) is 4.79 Å². The van der Waals surface area contributed by atoms with Crippen LogP contribution in [0.5, 0.6) is 0 Å². The third-order valence-electron chi connectivity index (χ3n) is 3.92. The van der Waals surface area contributed by atoms with Gasteiger partial charge in [0, 0.05) is 31.0 Å². The summed E-state index contributed by atoms with van der Waals surface area (Å²) in [6, 6.07) is 1.56. The van der Waals surface area contributed by atoms with Gasteiger partial charge in [-0.1, -0.05) is 0 Å². The van der Waals surface area contributed by atoms with Gasteiger partial charge in [0.25, 0.3) is 0 Å². The highest BCUT2D eigenvalue weighted by molar-refractivity contribution is 5.55. The summed E-state index contributed by atoms with van der Waals surface area (Å²) < 4.78 is 0. The minimum absolute atomic E-state index is 0.0626. The van der Waals surface area contributed by atoms with Gasteiger partial charge in [-0.25, -0.2) is 0 Å². The van der Waals surface area contributed by atoms with Crippen LogP contribution < -0.4 is 16.1 Å². The summed E-state index contributed by atoms with van der Waals surface area (Å²) in [5.41, 5.74) is 7.02. The Bertz CT molecular complexity index is 676. The smallest absolute Gasteiger partial charge is 0.245 e. The van der Waals surface area contributed by atoms with Crippen molar-refractivity contribution in [3.63, 3.8) is 0 Å². The summed E-state index contributed by atoms with van der Waals surface area (Å²) in [5, 5.41) is 7.10. The minimum Gasteiger partial charge on any atom is -0.364 e. The van der Waals surface area contributed by atoms with E-state index in [-0.39, 0.29) is 5.43 Å². The Morgan fingerprint density at radius 3 is 3.14 bits per heavy atom. The number of aromatic nitrogens is 4. The first-order valence-corrected chi connectivity index (χ1v) is 7.24. The van der Waals surface area contributed by atoms with Gasteiger partial charge in [0.15, 0.2) is 11.3 Å². The van der Waals surface area contributed by atoms with Gasteiger partial charge >= 0.3 is 0 Å². The van der Waals surface area contributed by atoms with Crippen molar-refractivity contribution in [2.75, 3.05) is 24.5 Å². The molecule has 2 aromatic heterocycles. The van der Waals surface area contributed by atoms with E-state index in [4.69, 9.17) is 5.73 Å². The van der Waals surface area contributed by atoms with Gasteiger partial charge in [-0.05, 0) is 32.2 Å². The number of rotatable bonds is 3. The van der Waals surface area contributed by atoms with Crippen LogP contribution in [-0.2, 0) is 0 Å². The van der Waals surface area contributed by atoms with E-state index in [0.29, 0.717) is 29.8 Å². The van der Waals surface area contributed by atoms with Crippen molar-refractivity contribution in [1.82, 2.24) is 20.2 Å². The Morgan fingerprint density at radius 1 is 1.52 bits per heavy atom. The van der Waals surface area contributed by atoms with Crippen LogP contribution in [0, 0.1) is 12.8 Å². The molecule has 0 bridgehead atoms. The maximum Gasteiger partial charge on any atom is 0.245 e. The summed E-state index contributed by atoms with van der Waals surface area (Å²) in [6.45, 7) is 4.33. The Kier molecular flexibility index (Phi) is 3.74. The number of nitrogens with zero attached hydrogens (tertiary/aromatic N) is 3. The topological polar surface area (TPSA) is 104 Å². The van der Waals surface area contributed by atoms with Crippen molar-refractivity contribution in [2.24, 2.45) is 11.7 Å². The van der Waals surface area contributed by atoms with Gasteiger partial charge in [0.1, 0.15) is 0 Å². The SMILES string of the molecule is Cc1cc(=O)c(-c2nc(N3CCCC(CN)C3)n[nH]2)c[nH]1. The molecule has 0 radical (unpaired) electrons. The fourth-order valence-corrected chi connectivity index (χ4v) is 2.71. The molecule has 1 unspecified atom stereocenters. The molecular weight excluding hydrogens is 268 g/mol. The first-order valence-electron chi connectivity index (χ1n) is 7.24. The van der Waals surface area contributed by atoms with E-state index in [2.05, 4.69) is 25.1 Å². The Morgan fingerprint density at radius 2 is 2.38 bits per heavy atom. The number of aryl methyl sites for hydroxylation is 1. The van der Waals surface area contributed by atoms with E-state index in [1.54, 1.807) is 12.3 Å². The van der Waals surface area contributed by atoms with Crippen molar-refractivity contribution < 1.29 is 0 Å². The molecule has 1 aliphatic heterocycles. The van der Waals surface area contributed by atoms with Crippen molar-refractivity contribution in [2.45, 2.75) is 19.8 Å². The highest BCUT2D eigenvalue weighted by Gasteiger charge is 2.22. The summed E-state index contributed by atoms with van der Waals surface area (Å²) in [5.74, 6) is 1.63. The molecule has 1 fully saturated rings. The molecule has 0 amide bonds. The molecule has 0 aliphatic carbocycles. The van der Waals surface area contributed by atoms with E-state index in [1.807, 2.05) is 6.92 Å². The zero-order chi connectivity index (χ0) is 14.8. The van der Waals surface area contributed by atoms with Crippen LogP contribution in [0.4, 0.5) is 5.95 Å². The Labute approximate surface area is 122 Å². The molecule has 1 saturated heterocycles. The van der Waals surface area contributed by atoms with E-state index in [1.165, 1.54) is 0 Å². The van der Waals surface area contributed by atoms with Crippen LogP contribution in [0.1, 0.15) is 18.5 Å². The van der Waals surface area contributed by atoms with Crippen LogP contribution in [0.25, 0.3) is 11.4 Å². The number of anilines is 1.